The van der Waals surface area contributed by atoms with Gasteiger partial charge in [0.1, 0.15) is 5.82 Å². The summed E-state index contributed by atoms with van der Waals surface area (Å²) in [7, 11) is 1.79. The van der Waals surface area contributed by atoms with Crippen LogP contribution in [0.4, 0.5) is 5.82 Å². The normalized spacial score (nSPS) is 12.2. The van der Waals surface area contributed by atoms with Crippen molar-refractivity contribution in [3.63, 3.8) is 0 Å². The number of nitrogens with one attached hydrogen (secondary N) is 3. The van der Waals surface area contributed by atoms with Crippen molar-refractivity contribution in [1.29, 1.82) is 0 Å². The molecule has 21 heavy (non-hydrogen) atoms. The van der Waals surface area contributed by atoms with E-state index in [-0.39, 0.29) is 17.9 Å². The summed E-state index contributed by atoms with van der Waals surface area (Å²) in [6.07, 6.45) is 3.48. The smallest absolute Gasteiger partial charge is 0.251 e. The molecule has 2 aromatic rings. The standard InChI is InChI=1S/C15H21N5O/c1-9(2)13-5-11(6-14(16-4)20-13)15(21)19-10(3)12-7-17-18-8-12/h5-10H,1-4H3,(H,16,20)(H,17,18)(H,19,21). The van der Waals surface area contributed by atoms with E-state index in [1.807, 2.05) is 13.0 Å². The van der Waals surface area contributed by atoms with Crippen LogP contribution in [0.3, 0.4) is 0 Å². The highest BCUT2D eigenvalue weighted by molar-refractivity contribution is 5.95. The van der Waals surface area contributed by atoms with Gasteiger partial charge in [-0.2, -0.15) is 5.10 Å². The van der Waals surface area contributed by atoms with Gasteiger partial charge in [0.05, 0.1) is 12.2 Å². The highest BCUT2D eigenvalue weighted by Crippen LogP contribution is 2.18. The number of anilines is 1. The van der Waals surface area contributed by atoms with E-state index in [2.05, 4.69) is 39.7 Å². The van der Waals surface area contributed by atoms with Crippen molar-refractivity contribution in [3.8, 4) is 0 Å². The Hall–Kier alpha value is -2.37. The fraction of sp³-hybridized carbons (Fsp3) is 0.400. The number of nitrogens with zero attached hydrogens (tertiary/aromatic N) is 2. The molecule has 1 atom stereocenters. The number of carbonyl (C=O) groups excluding carboxylic acids is 1. The molecular formula is C15H21N5O. The van der Waals surface area contributed by atoms with E-state index in [9.17, 15) is 4.79 Å². The van der Waals surface area contributed by atoms with Crippen molar-refractivity contribution in [2.24, 2.45) is 0 Å². The number of H-pyrrole nitrogens is 1. The summed E-state index contributed by atoms with van der Waals surface area (Å²) in [6, 6.07) is 3.48. The summed E-state index contributed by atoms with van der Waals surface area (Å²) in [5.41, 5.74) is 2.44. The van der Waals surface area contributed by atoms with Crippen molar-refractivity contribution in [1.82, 2.24) is 20.5 Å². The van der Waals surface area contributed by atoms with Crippen LogP contribution in [0.5, 0.6) is 0 Å². The molecule has 2 heterocycles. The van der Waals surface area contributed by atoms with Crippen molar-refractivity contribution in [3.05, 3.63) is 41.3 Å². The Balaban J connectivity index is 2.20. The Bertz CT molecular complexity index is 607. The second-order valence-corrected chi connectivity index (χ2v) is 5.30. The first-order chi connectivity index (χ1) is 10.0. The second kappa shape index (κ2) is 6.39. The number of carbonyl (C=O) groups is 1. The summed E-state index contributed by atoms with van der Waals surface area (Å²) in [6.45, 7) is 6.03. The number of amides is 1. The minimum atomic E-state index is -0.121. The lowest BCUT2D eigenvalue weighted by Gasteiger charge is -2.14. The molecule has 0 bridgehead atoms. The van der Waals surface area contributed by atoms with E-state index in [1.165, 1.54) is 0 Å². The van der Waals surface area contributed by atoms with Crippen LogP contribution < -0.4 is 10.6 Å². The Morgan fingerprint density at radius 2 is 2.05 bits per heavy atom. The lowest BCUT2D eigenvalue weighted by molar-refractivity contribution is 0.0939. The average Bonchev–Trinajstić information content (AvgIpc) is 3.00. The lowest BCUT2D eigenvalue weighted by Crippen LogP contribution is -2.26. The van der Waals surface area contributed by atoms with Crippen LogP contribution in [0.1, 0.15) is 54.3 Å². The van der Waals surface area contributed by atoms with Gasteiger partial charge in [-0.15, -0.1) is 0 Å². The molecule has 0 aliphatic carbocycles. The molecular weight excluding hydrogens is 266 g/mol. The summed E-state index contributed by atoms with van der Waals surface area (Å²) in [4.78, 5) is 16.9. The van der Waals surface area contributed by atoms with Crippen LogP contribution in [0.2, 0.25) is 0 Å². The number of aromatic amines is 1. The van der Waals surface area contributed by atoms with Gasteiger partial charge in [-0.05, 0) is 25.0 Å². The van der Waals surface area contributed by atoms with Gasteiger partial charge in [0.2, 0.25) is 0 Å². The third kappa shape index (κ3) is 3.59. The Morgan fingerprint density at radius 3 is 2.62 bits per heavy atom. The van der Waals surface area contributed by atoms with Crippen LogP contribution in [0.25, 0.3) is 0 Å². The van der Waals surface area contributed by atoms with Gasteiger partial charge in [0, 0.05) is 30.1 Å². The molecule has 0 aliphatic rings. The molecule has 2 rings (SSSR count). The predicted octanol–water partition coefficient (Wildman–Crippen LogP) is 2.46. The van der Waals surface area contributed by atoms with Gasteiger partial charge in [-0.1, -0.05) is 13.8 Å². The topological polar surface area (TPSA) is 82.7 Å². The van der Waals surface area contributed by atoms with E-state index in [0.717, 1.165) is 11.3 Å². The zero-order chi connectivity index (χ0) is 15.4. The summed E-state index contributed by atoms with van der Waals surface area (Å²) in [5.74, 6) is 0.836. The first-order valence-corrected chi connectivity index (χ1v) is 7.00. The number of rotatable bonds is 5. The third-order valence-corrected chi connectivity index (χ3v) is 3.32. The van der Waals surface area contributed by atoms with E-state index < -0.39 is 0 Å². The fourth-order valence-electron chi connectivity index (χ4n) is 1.97. The Morgan fingerprint density at radius 1 is 1.29 bits per heavy atom. The molecule has 0 saturated carbocycles. The van der Waals surface area contributed by atoms with Crippen molar-refractivity contribution in [2.75, 3.05) is 12.4 Å². The van der Waals surface area contributed by atoms with E-state index in [0.29, 0.717) is 11.4 Å². The Labute approximate surface area is 124 Å². The van der Waals surface area contributed by atoms with E-state index in [1.54, 1.807) is 25.5 Å². The van der Waals surface area contributed by atoms with Crippen LogP contribution in [-0.4, -0.2) is 28.1 Å². The summed E-state index contributed by atoms with van der Waals surface area (Å²) >= 11 is 0. The average molecular weight is 287 g/mol. The molecule has 6 nitrogen and oxygen atoms in total. The molecule has 0 radical (unpaired) electrons. The summed E-state index contributed by atoms with van der Waals surface area (Å²) < 4.78 is 0. The molecule has 0 aromatic carbocycles. The first-order valence-electron chi connectivity index (χ1n) is 7.00. The highest BCUT2D eigenvalue weighted by atomic mass is 16.1. The maximum absolute atomic E-state index is 12.4. The quantitative estimate of drug-likeness (QED) is 0.789. The predicted molar refractivity (Wildman–Crippen MR) is 82.3 cm³/mol. The number of hydrogen-bond acceptors (Lipinski definition) is 4. The van der Waals surface area contributed by atoms with Crippen molar-refractivity contribution < 1.29 is 4.79 Å². The van der Waals surface area contributed by atoms with Gasteiger partial charge >= 0.3 is 0 Å². The van der Waals surface area contributed by atoms with Crippen molar-refractivity contribution >= 4 is 11.7 Å². The fourth-order valence-corrected chi connectivity index (χ4v) is 1.97. The molecule has 0 spiro atoms. The molecule has 2 aromatic heterocycles. The lowest BCUT2D eigenvalue weighted by atomic mass is 10.1. The SMILES string of the molecule is CNc1cc(C(=O)NC(C)c2cn[nH]c2)cc(C(C)C)n1. The molecule has 0 saturated heterocycles. The monoisotopic (exact) mass is 287 g/mol. The van der Waals surface area contributed by atoms with Crippen LogP contribution >= 0.6 is 0 Å². The molecule has 3 N–H and O–H groups in total. The summed E-state index contributed by atoms with van der Waals surface area (Å²) in [5, 5.41) is 12.6. The van der Waals surface area contributed by atoms with Crippen LogP contribution in [0, 0.1) is 0 Å². The van der Waals surface area contributed by atoms with Gasteiger partial charge in [-0.3, -0.25) is 9.89 Å². The minimum Gasteiger partial charge on any atom is -0.373 e. The van der Waals surface area contributed by atoms with Gasteiger partial charge in [0.15, 0.2) is 0 Å². The van der Waals surface area contributed by atoms with Gasteiger partial charge in [0.25, 0.3) is 5.91 Å². The zero-order valence-electron chi connectivity index (χ0n) is 12.8. The minimum absolute atomic E-state index is 0.107. The van der Waals surface area contributed by atoms with Crippen LogP contribution in [0.15, 0.2) is 24.5 Å². The maximum Gasteiger partial charge on any atom is 0.251 e. The molecule has 6 heteroatoms. The van der Waals surface area contributed by atoms with E-state index in [4.69, 9.17) is 0 Å². The number of hydrogen-bond donors (Lipinski definition) is 3. The molecule has 0 fully saturated rings. The Kier molecular flexibility index (Phi) is 4.57. The number of pyridine rings is 1. The van der Waals surface area contributed by atoms with Gasteiger partial charge < -0.3 is 10.6 Å². The largest absolute Gasteiger partial charge is 0.373 e. The number of aromatic nitrogens is 3. The maximum atomic E-state index is 12.4. The second-order valence-electron chi connectivity index (χ2n) is 5.30. The first kappa shape index (κ1) is 15.0. The van der Waals surface area contributed by atoms with Crippen molar-refractivity contribution in [2.45, 2.75) is 32.7 Å². The van der Waals surface area contributed by atoms with Gasteiger partial charge in [-0.25, -0.2) is 4.98 Å². The zero-order valence-corrected chi connectivity index (χ0v) is 12.8. The van der Waals surface area contributed by atoms with Crippen LogP contribution in [-0.2, 0) is 0 Å². The third-order valence-electron chi connectivity index (χ3n) is 3.32. The molecule has 1 amide bonds. The highest BCUT2D eigenvalue weighted by Gasteiger charge is 2.15. The molecule has 0 aliphatic heterocycles. The van der Waals surface area contributed by atoms with E-state index >= 15 is 0 Å². The molecule has 112 valence electrons. The molecule has 1 unspecified atom stereocenters.